The van der Waals surface area contributed by atoms with E-state index in [0.29, 0.717) is 0 Å². The van der Waals surface area contributed by atoms with Crippen LogP contribution in [0.25, 0.3) is 0 Å². The molecule has 0 unspecified atom stereocenters. The monoisotopic (exact) mass is 219 g/mol. The van der Waals surface area contributed by atoms with Crippen molar-refractivity contribution >= 4 is 0 Å². The SMILES string of the molecule is CC(C)(C)N1[C@H]2Cc3ccccc3[C@@H]1OO2. The van der Waals surface area contributed by atoms with E-state index in [-0.39, 0.29) is 18.0 Å². The van der Waals surface area contributed by atoms with Crippen LogP contribution >= 0.6 is 0 Å². The van der Waals surface area contributed by atoms with Crippen molar-refractivity contribution in [3.8, 4) is 0 Å². The average Bonchev–Trinajstić information content (AvgIpc) is 2.55. The summed E-state index contributed by atoms with van der Waals surface area (Å²) in [6.07, 6.45) is 0.916. The fraction of sp³-hybridized carbons (Fsp3) is 0.538. The summed E-state index contributed by atoms with van der Waals surface area (Å²) >= 11 is 0. The predicted molar refractivity (Wildman–Crippen MR) is 60.4 cm³/mol. The van der Waals surface area contributed by atoms with Gasteiger partial charge in [-0.05, 0) is 26.3 Å². The lowest BCUT2D eigenvalue weighted by atomic mass is 9.93. The summed E-state index contributed by atoms with van der Waals surface area (Å²) in [4.78, 5) is 13.2. The maximum atomic E-state index is 5.47. The highest BCUT2D eigenvalue weighted by atomic mass is 17.2. The molecule has 2 aliphatic rings. The molecule has 3 heteroatoms. The highest BCUT2D eigenvalue weighted by Gasteiger charge is 2.47. The van der Waals surface area contributed by atoms with E-state index in [0.717, 1.165) is 6.42 Å². The van der Waals surface area contributed by atoms with Gasteiger partial charge in [-0.25, -0.2) is 14.7 Å². The second-order valence-corrected chi connectivity index (χ2v) is 5.48. The fourth-order valence-corrected chi connectivity index (χ4v) is 2.63. The zero-order valence-corrected chi connectivity index (χ0v) is 9.93. The molecule has 0 spiro atoms. The van der Waals surface area contributed by atoms with Crippen molar-refractivity contribution in [2.24, 2.45) is 0 Å². The van der Waals surface area contributed by atoms with Gasteiger partial charge in [-0.1, -0.05) is 24.3 Å². The van der Waals surface area contributed by atoms with Crippen LogP contribution in [0.5, 0.6) is 0 Å². The van der Waals surface area contributed by atoms with Gasteiger partial charge in [0.15, 0.2) is 12.5 Å². The molecule has 0 aliphatic carbocycles. The maximum Gasteiger partial charge on any atom is 0.174 e. The van der Waals surface area contributed by atoms with Gasteiger partial charge in [0.25, 0.3) is 0 Å². The van der Waals surface area contributed by atoms with Crippen molar-refractivity contribution in [1.29, 1.82) is 0 Å². The molecule has 2 atom stereocenters. The Labute approximate surface area is 95.9 Å². The van der Waals surface area contributed by atoms with E-state index in [9.17, 15) is 0 Å². The van der Waals surface area contributed by atoms with Crippen molar-refractivity contribution in [2.45, 2.75) is 45.2 Å². The molecule has 0 N–H and O–H groups in total. The lowest BCUT2D eigenvalue weighted by Gasteiger charge is -2.40. The molecule has 16 heavy (non-hydrogen) atoms. The Hall–Kier alpha value is -0.900. The average molecular weight is 219 g/mol. The van der Waals surface area contributed by atoms with E-state index in [4.69, 9.17) is 9.78 Å². The summed E-state index contributed by atoms with van der Waals surface area (Å²) in [6.45, 7) is 6.58. The van der Waals surface area contributed by atoms with Crippen LogP contribution in [0.15, 0.2) is 24.3 Å². The van der Waals surface area contributed by atoms with E-state index in [2.05, 4.69) is 49.9 Å². The van der Waals surface area contributed by atoms with E-state index in [1.54, 1.807) is 0 Å². The van der Waals surface area contributed by atoms with Crippen LogP contribution in [0, 0.1) is 0 Å². The third kappa shape index (κ3) is 1.39. The molecule has 0 amide bonds. The van der Waals surface area contributed by atoms with Crippen molar-refractivity contribution in [3.05, 3.63) is 35.4 Å². The molecule has 3 nitrogen and oxygen atoms in total. The summed E-state index contributed by atoms with van der Waals surface area (Å²) in [6, 6.07) is 8.42. The zero-order valence-electron chi connectivity index (χ0n) is 9.93. The number of rotatable bonds is 0. The molecule has 0 aromatic heterocycles. The van der Waals surface area contributed by atoms with Crippen LogP contribution in [0.3, 0.4) is 0 Å². The quantitative estimate of drug-likeness (QED) is 0.626. The Morgan fingerprint density at radius 1 is 1.19 bits per heavy atom. The Balaban J connectivity index is 2.06. The summed E-state index contributed by atoms with van der Waals surface area (Å²) in [5, 5.41) is 0. The van der Waals surface area contributed by atoms with Gasteiger partial charge in [0.1, 0.15) is 0 Å². The van der Waals surface area contributed by atoms with Gasteiger partial charge in [-0.3, -0.25) is 0 Å². The van der Waals surface area contributed by atoms with Crippen LogP contribution < -0.4 is 0 Å². The highest BCUT2D eigenvalue weighted by Crippen LogP contribution is 2.43. The molecule has 2 bridgehead atoms. The molecule has 1 fully saturated rings. The second-order valence-electron chi connectivity index (χ2n) is 5.48. The van der Waals surface area contributed by atoms with Crippen molar-refractivity contribution in [1.82, 2.24) is 4.90 Å². The van der Waals surface area contributed by atoms with Crippen LogP contribution in [0.1, 0.15) is 38.1 Å². The topological polar surface area (TPSA) is 21.7 Å². The molecular formula is C13H17NO2. The van der Waals surface area contributed by atoms with E-state index in [1.807, 2.05) is 0 Å². The van der Waals surface area contributed by atoms with Gasteiger partial charge in [-0.2, -0.15) is 0 Å². The van der Waals surface area contributed by atoms with Crippen LogP contribution in [0.4, 0.5) is 0 Å². The van der Waals surface area contributed by atoms with E-state index >= 15 is 0 Å². The maximum absolute atomic E-state index is 5.47. The minimum absolute atomic E-state index is 0.0463. The molecule has 2 aliphatic heterocycles. The molecule has 1 aromatic rings. The van der Waals surface area contributed by atoms with Gasteiger partial charge >= 0.3 is 0 Å². The molecule has 0 saturated carbocycles. The molecule has 2 heterocycles. The van der Waals surface area contributed by atoms with Gasteiger partial charge < -0.3 is 0 Å². The molecule has 1 aromatic carbocycles. The van der Waals surface area contributed by atoms with Gasteiger partial charge in [-0.15, -0.1) is 0 Å². The van der Waals surface area contributed by atoms with E-state index < -0.39 is 0 Å². The summed E-state index contributed by atoms with van der Waals surface area (Å²) in [7, 11) is 0. The smallest absolute Gasteiger partial charge is 0.174 e. The Morgan fingerprint density at radius 3 is 2.69 bits per heavy atom. The Kier molecular flexibility index (Phi) is 2.11. The number of fused-ring (bicyclic) bond motifs is 4. The normalized spacial score (nSPS) is 29.2. The largest absolute Gasteiger partial charge is 0.238 e. The lowest BCUT2D eigenvalue weighted by Crippen LogP contribution is -2.49. The molecule has 86 valence electrons. The standard InChI is InChI=1S/C13H17NO2/c1-13(2,3)14-11-8-9-6-4-5-7-10(9)12(14)16-15-11/h4-7,11-12H,8H2,1-3H3/t11-,12+/m1/s1. The van der Waals surface area contributed by atoms with Gasteiger partial charge in [0.2, 0.25) is 0 Å². The zero-order chi connectivity index (χ0) is 11.3. The third-order valence-corrected chi connectivity index (χ3v) is 3.31. The molecule has 3 rings (SSSR count). The third-order valence-electron chi connectivity index (χ3n) is 3.31. The first-order chi connectivity index (χ1) is 7.57. The molecule has 0 radical (unpaired) electrons. The molecule has 1 saturated heterocycles. The fourth-order valence-electron chi connectivity index (χ4n) is 2.63. The van der Waals surface area contributed by atoms with Crippen molar-refractivity contribution in [2.75, 3.05) is 0 Å². The second kappa shape index (κ2) is 3.29. The van der Waals surface area contributed by atoms with Crippen LogP contribution in [0.2, 0.25) is 0 Å². The minimum atomic E-state index is -0.0463. The summed E-state index contributed by atoms with van der Waals surface area (Å²) in [5.74, 6) is 0. The minimum Gasteiger partial charge on any atom is -0.238 e. The van der Waals surface area contributed by atoms with Crippen LogP contribution in [-0.4, -0.2) is 16.7 Å². The summed E-state index contributed by atoms with van der Waals surface area (Å²) < 4.78 is 0. The Bertz CT molecular complexity index is 411. The van der Waals surface area contributed by atoms with Gasteiger partial charge in [0, 0.05) is 17.5 Å². The predicted octanol–water partition coefficient (Wildman–Crippen LogP) is 2.63. The summed E-state index contributed by atoms with van der Waals surface area (Å²) in [5.41, 5.74) is 2.64. The molecular weight excluding hydrogens is 202 g/mol. The lowest BCUT2D eigenvalue weighted by molar-refractivity contribution is -0.295. The Morgan fingerprint density at radius 2 is 1.94 bits per heavy atom. The first-order valence-corrected chi connectivity index (χ1v) is 5.76. The number of benzene rings is 1. The van der Waals surface area contributed by atoms with Gasteiger partial charge in [0.05, 0.1) is 0 Å². The number of nitrogens with zero attached hydrogens (tertiary/aromatic N) is 1. The van der Waals surface area contributed by atoms with Crippen molar-refractivity contribution in [3.63, 3.8) is 0 Å². The number of hydrogen-bond acceptors (Lipinski definition) is 3. The first kappa shape index (κ1) is 10.3. The highest BCUT2D eigenvalue weighted by molar-refractivity contribution is 5.32. The number of hydrogen-bond donors (Lipinski definition) is 0. The van der Waals surface area contributed by atoms with Crippen LogP contribution in [-0.2, 0) is 16.2 Å². The first-order valence-electron chi connectivity index (χ1n) is 5.76. The van der Waals surface area contributed by atoms with E-state index in [1.165, 1.54) is 11.1 Å². The van der Waals surface area contributed by atoms with Crippen molar-refractivity contribution < 1.29 is 9.78 Å².